The molecule has 1 saturated heterocycles. The number of methoxy groups -OCH3 is 1. The monoisotopic (exact) mass is 323 g/mol. The second kappa shape index (κ2) is 7.09. The van der Waals surface area contributed by atoms with Crippen molar-refractivity contribution in [3.63, 3.8) is 0 Å². The standard InChI is InChI=1S/C15H18ClN3O3/c1-20-13-8-17-7-6-12(13)15-18-14(19-22-15)9-21-11-4-2-10(16)3-5-11/h2-5,12-13,17H,6-9H2,1H3. The first-order valence-electron chi connectivity index (χ1n) is 7.20. The Bertz CT molecular complexity index is 602. The van der Waals surface area contributed by atoms with Crippen molar-refractivity contribution < 1.29 is 14.0 Å². The first-order chi connectivity index (χ1) is 10.8. The van der Waals surface area contributed by atoms with E-state index in [1.165, 1.54) is 0 Å². The first-order valence-corrected chi connectivity index (χ1v) is 7.58. The molecule has 0 amide bonds. The van der Waals surface area contributed by atoms with Gasteiger partial charge in [0.05, 0.1) is 12.0 Å². The molecule has 0 aliphatic carbocycles. The van der Waals surface area contributed by atoms with Crippen molar-refractivity contribution in [2.75, 3.05) is 20.2 Å². The third-order valence-electron chi connectivity index (χ3n) is 3.71. The smallest absolute Gasteiger partial charge is 0.232 e. The summed E-state index contributed by atoms with van der Waals surface area (Å²) in [6.07, 6.45) is 0.970. The van der Waals surface area contributed by atoms with Gasteiger partial charge in [0.1, 0.15) is 5.75 Å². The maximum atomic E-state index is 5.83. The van der Waals surface area contributed by atoms with Crippen LogP contribution in [-0.4, -0.2) is 36.4 Å². The van der Waals surface area contributed by atoms with Crippen molar-refractivity contribution in [2.24, 2.45) is 0 Å². The van der Waals surface area contributed by atoms with Crippen LogP contribution >= 0.6 is 11.6 Å². The molecule has 1 aromatic heterocycles. The van der Waals surface area contributed by atoms with Gasteiger partial charge in [-0.2, -0.15) is 4.98 Å². The summed E-state index contributed by atoms with van der Waals surface area (Å²) < 4.78 is 16.5. The lowest BCUT2D eigenvalue weighted by Gasteiger charge is -2.28. The lowest BCUT2D eigenvalue weighted by molar-refractivity contribution is 0.0520. The van der Waals surface area contributed by atoms with Crippen LogP contribution in [0.1, 0.15) is 24.1 Å². The number of aromatic nitrogens is 2. The molecule has 0 bridgehead atoms. The van der Waals surface area contributed by atoms with Gasteiger partial charge in [-0.25, -0.2) is 0 Å². The van der Waals surface area contributed by atoms with Crippen LogP contribution in [0.5, 0.6) is 5.75 Å². The highest BCUT2D eigenvalue weighted by Crippen LogP contribution is 2.26. The first kappa shape index (κ1) is 15.3. The van der Waals surface area contributed by atoms with Gasteiger partial charge in [0.25, 0.3) is 0 Å². The lowest BCUT2D eigenvalue weighted by atomic mass is 9.95. The summed E-state index contributed by atoms with van der Waals surface area (Å²) in [6.45, 7) is 1.97. The SMILES string of the molecule is COC1CNCCC1c1nc(COc2ccc(Cl)cc2)no1. The van der Waals surface area contributed by atoms with Crippen LogP contribution in [0.2, 0.25) is 5.02 Å². The van der Waals surface area contributed by atoms with Gasteiger partial charge in [-0.1, -0.05) is 16.8 Å². The number of benzene rings is 1. The molecule has 22 heavy (non-hydrogen) atoms. The van der Waals surface area contributed by atoms with Gasteiger partial charge < -0.3 is 19.3 Å². The predicted molar refractivity (Wildman–Crippen MR) is 81.1 cm³/mol. The molecule has 2 aromatic rings. The van der Waals surface area contributed by atoms with Crippen LogP contribution in [0, 0.1) is 0 Å². The average molecular weight is 324 g/mol. The third-order valence-corrected chi connectivity index (χ3v) is 3.96. The van der Waals surface area contributed by atoms with E-state index in [1.54, 1.807) is 31.4 Å². The average Bonchev–Trinajstić information content (AvgIpc) is 3.03. The molecule has 1 fully saturated rings. The summed E-state index contributed by atoms with van der Waals surface area (Å²) in [5.74, 6) is 1.98. The number of nitrogens with one attached hydrogen (secondary N) is 1. The molecular weight excluding hydrogens is 306 g/mol. The van der Waals surface area contributed by atoms with Crippen LogP contribution < -0.4 is 10.1 Å². The van der Waals surface area contributed by atoms with Crippen molar-refractivity contribution >= 4 is 11.6 Å². The number of piperidine rings is 1. The Morgan fingerprint density at radius 1 is 1.36 bits per heavy atom. The Hall–Kier alpha value is -1.63. The molecule has 118 valence electrons. The van der Waals surface area contributed by atoms with E-state index in [-0.39, 0.29) is 18.6 Å². The number of ether oxygens (including phenoxy) is 2. The number of halogens is 1. The van der Waals surface area contributed by atoms with Crippen LogP contribution in [0.25, 0.3) is 0 Å². The third kappa shape index (κ3) is 3.58. The van der Waals surface area contributed by atoms with E-state index in [4.69, 9.17) is 25.6 Å². The maximum Gasteiger partial charge on any atom is 0.232 e. The van der Waals surface area contributed by atoms with Crippen LogP contribution in [-0.2, 0) is 11.3 Å². The summed E-state index contributed by atoms with van der Waals surface area (Å²) in [5.41, 5.74) is 0. The molecule has 1 aromatic carbocycles. The summed E-state index contributed by atoms with van der Waals surface area (Å²) in [7, 11) is 1.70. The van der Waals surface area contributed by atoms with Gasteiger partial charge in [-0.3, -0.25) is 0 Å². The highest BCUT2D eigenvalue weighted by Gasteiger charge is 2.30. The second-order valence-electron chi connectivity index (χ2n) is 5.16. The van der Waals surface area contributed by atoms with Crippen LogP contribution in [0.4, 0.5) is 0 Å². The van der Waals surface area contributed by atoms with E-state index >= 15 is 0 Å². The molecular formula is C15H18ClN3O3. The van der Waals surface area contributed by atoms with E-state index in [9.17, 15) is 0 Å². The highest BCUT2D eigenvalue weighted by atomic mass is 35.5. The molecule has 1 aliphatic heterocycles. The molecule has 0 spiro atoms. The van der Waals surface area contributed by atoms with Crippen molar-refractivity contribution in [2.45, 2.75) is 25.0 Å². The lowest BCUT2D eigenvalue weighted by Crippen LogP contribution is -2.40. The van der Waals surface area contributed by atoms with Gasteiger partial charge in [0.2, 0.25) is 11.7 Å². The maximum absolute atomic E-state index is 5.83. The zero-order valence-electron chi connectivity index (χ0n) is 12.3. The fraction of sp³-hybridized carbons (Fsp3) is 0.467. The van der Waals surface area contributed by atoms with E-state index in [0.717, 1.165) is 19.5 Å². The molecule has 0 radical (unpaired) electrons. The zero-order valence-corrected chi connectivity index (χ0v) is 13.0. The minimum absolute atomic E-state index is 0.0548. The van der Waals surface area contributed by atoms with Gasteiger partial charge in [0.15, 0.2) is 6.61 Å². The molecule has 0 saturated carbocycles. The number of hydrogen-bond donors (Lipinski definition) is 1. The Morgan fingerprint density at radius 2 is 2.18 bits per heavy atom. The largest absolute Gasteiger partial charge is 0.485 e. The molecule has 2 heterocycles. The van der Waals surface area contributed by atoms with Crippen LogP contribution in [0.15, 0.2) is 28.8 Å². The normalized spacial score (nSPS) is 21.7. The molecule has 2 unspecified atom stereocenters. The second-order valence-corrected chi connectivity index (χ2v) is 5.60. The van der Waals surface area contributed by atoms with Gasteiger partial charge in [0, 0.05) is 18.7 Å². The van der Waals surface area contributed by atoms with Crippen molar-refractivity contribution in [1.82, 2.24) is 15.5 Å². The highest BCUT2D eigenvalue weighted by molar-refractivity contribution is 6.30. The summed E-state index contributed by atoms with van der Waals surface area (Å²) in [4.78, 5) is 4.43. The van der Waals surface area contributed by atoms with Crippen molar-refractivity contribution in [3.05, 3.63) is 41.0 Å². The summed E-state index contributed by atoms with van der Waals surface area (Å²) in [5, 5.41) is 7.94. The van der Waals surface area contributed by atoms with E-state index < -0.39 is 0 Å². The molecule has 7 heteroatoms. The predicted octanol–water partition coefficient (Wildman–Crippen LogP) is 2.39. The molecule has 1 aliphatic rings. The number of nitrogens with zero attached hydrogens (tertiary/aromatic N) is 2. The Balaban J connectivity index is 1.62. The fourth-order valence-electron chi connectivity index (χ4n) is 2.52. The van der Waals surface area contributed by atoms with Crippen molar-refractivity contribution in [1.29, 1.82) is 0 Å². The van der Waals surface area contributed by atoms with E-state index in [0.29, 0.717) is 22.5 Å². The summed E-state index contributed by atoms with van der Waals surface area (Å²) >= 11 is 5.83. The Morgan fingerprint density at radius 3 is 2.95 bits per heavy atom. The molecule has 2 atom stereocenters. The summed E-state index contributed by atoms with van der Waals surface area (Å²) in [6, 6.07) is 7.15. The van der Waals surface area contributed by atoms with E-state index in [2.05, 4.69) is 15.5 Å². The minimum atomic E-state index is 0.0548. The van der Waals surface area contributed by atoms with Gasteiger partial charge in [-0.05, 0) is 37.2 Å². The minimum Gasteiger partial charge on any atom is -0.485 e. The quantitative estimate of drug-likeness (QED) is 0.911. The zero-order chi connectivity index (χ0) is 15.4. The van der Waals surface area contributed by atoms with Crippen molar-refractivity contribution in [3.8, 4) is 5.75 Å². The number of rotatable bonds is 5. The van der Waals surface area contributed by atoms with Gasteiger partial charge in [-0.15, -0.1) is 0 Å². The Kier molecular flexibility index (Phi) is 4.92. The topological polar surface area (TPSA) is 69.4 Å². The van der Waals surface area contributed by atoms with Gasteiger partial charge >= 0.3 is 0 Å². The van der Waals surface area contributed by atoms with Crippen LogP contribution in [0.3, 0.4) is 0 Å². The van der Waals surface area contributed by atoms with E-state index in [1.807, 2.05) is 0 Å². The molecule has 1 N–H and O–H groups in total. The number of hydrogen-bond acceptors (Lipinski definition) is 6. The Labute approximate surface area is 133 Å². The molecule has 6 nitrogen and oxygen atoms in total. The fourth-order valence-corrected chi connectivity index (χ4v) is 2.64. The molecule has 3 rings (SSSR count).